The van der Waals surface area contributed by atoms with Gasteiger partial charge in [-0.2, -0.15) is 0 Å². The minimum absolute atomic E-state index is 0.292. The number of hydrogen-bond donors (Lipinski definition) is 1. The van der Waals surface area contributed by atoms with E-state index in [1.165, 1.54) is 18.5 Å². The van der Waals surface area contributed by atoms with Gasteiger partial charge in [0, 0.05) is 24.8 Å². The smallest absolute Gasteiger partial charge is 0.165 e. The van der Waals surface area contributed by atoms with Crippen molar-refractivity contribution in [1.29, 1.82) is 0 Å². The third-order valence-corrected chi connectivity index (χ3v) is 4.28. The molecule has 0 saturated heterocycles. The van der Waals surface area contributed by atoms with Crippen molar-refractivity contribution < 1.29 is 9.13 Å². The van der Waals surface area contributed by atoms with Crippen molar-refractivity contribution in [3.63, 3.8) is 0 Å². The molecule has 2 aromatic heterocycles. The number of hydrogen-bond acceptors (Lipinski definition) is 6. The summed E-state index contributed by atoms with van der Waals surface area (Å²) in [6.45, 7) is 2.39. The van der Waals surface area contributed by atoms with Gasteiger partial charge in [-0.3, -0.25) is 0 Å². The second kappa shape index (κ2) is 7.56. The summed E-state index contributed by atoms with van der Waals surface area (Å²) in [6.07, 6.45) is 4.78. The fourth-order valence-electron chi connectivity index (χ4n) is 3.04. The molecule has 0 aliphatic carbocycles. The first-order valence-electron chi connectivity index (χ1n) is 8.87. The molecule has 4 aromatic rings. The molecular formula is C21H18FN5O. The van der Waals surface area contributed by atoms with Crippen LogP contribution in [0.15, 0.2) is 55.1 Å². The van der Waals surface area contributed by atoms with Crippen molar-refractivity contribution in [2.45, 2.75) is 6.92 Å². The average Bonchev–Trinajstić information content (AvgIpc) is 2.73. The van der Waals surface area contributed by atoms with E-state index in [1.54, 1.807) is 25.5 Å². The molecule has 0 atom stereocenters. The average molecular weight is 375 g/mol. The van der Waals surface area contributed by atoms with Crippen LogP contribution in [0.5, 0.6) is 5.75 Å². The summed E-state index contributed by atoms with van der Waals surface area (Å²) >= 11 is 0. The Morgan fingerprint density at radius 3 is 2.54 bits per heavy atom. The third-order valence-electron chi connectivity index (χ3n) is 4.28. The van der Waals surface area contributed by atoms with E-state index >= 15 is 0 Å². The number of benzene rings is 2. The van der Waals surface area contributed by atoms with E-state index in [0.29, 0.717) is 35.1 Å². The Balaban J connectivity index is 1.98. The van der Waals surface area contributed by atoms with Crippen LogP contribution in [0.4, 0.5) is 10.2 Å². The zero-order valence-corrected chi connectivity index (χ0v) is 15.5. The van der Waals surface area contributed by atoms with Gasteiger partial charge in [-0.05, 0) is 42.3 Å². The van der Waals surface area contributed by atoms with Crippen LogP contribution in [0.3, 0.4) is 0 Å². The van der Waals surface area contributed by atoms with Crippen molar-refractivity contribution in [2.24, 2.45) is 0 Å². The molecule has 28 heavy (non-hydrogen) atoms. The highest BCUT2D eigenvalue weighted by Gasteiger charge is 2.15. The van der Waals surface area contributed by atoms with E-state index in [1.807, 2.05) is 25.1 Å². The summed E-state index contributed by atoms with van der Waals surface area (Å²) in [5.74, 6) is 1.45. The van der Waals surface area contributed by atoms with Gasteiger partial charge in [0.2, 0.25) is 0 Å². The van der Waals surface area contributed by atoms with E-state index < -0.39 is 0 Å². The van der Waals surface area contributed by atoms with Gasteiger partial charge in [-0.1, -0.05) is 12.1 Å². The van der Waals surface area contributed by atoms with Crippen molar-refractivity contribution in [1.82, 2.24) is 19.9 Å². The molecule has 4 rings (SSSR count). The van der Waals surface area contributed by atoms with Crippen molar-refractivity contribution in [2.75, 3.05) is 19.0 Å². The molecule has 0 aliphatic rings. The van der Waals surface area contributed by atoms with Crippen LogP contribution in [0.1, 0.15) is 6.92 Å². The maximum atomic E-state index is 13.7. The molecule has 140 valence electrons. The van der Waals surface area contributed by atoms with Crippen LogP contribution in [0.25, 0.3) is 33.4 Å². The van der Waals surface area contributed by atoms with E-state index in [2.05, 4.69) is 20.3 Å². The molecule has 0 aliphatic heterocycles. The lowest BCUT2D eigenvalue weighted by Crippen LogP contribution is -2.02. The molecule has 0 fully saturated rings. The molecule has 1 N–H and O–H groups in total. The molecule has 0 amide bonds. The van der Waals surface area contributed by atoms with Gasteiger partial charge in [0.1, 0.15) is 29.2 Å². The first-order chi connectivity index (χ1) is 13.7. The quantitative estimate of drug-likeness (QED) is 0.560. The fourth-order valence-corrected chi connectivity index (χ4v) is 3.04. The number of nitrogens with zero attached hydrogens (tertiary/aromatic N) is 4. The predicted octanol–water partition coefficient (Wildman–Crippen LogP) is 4.33. The highest BCUT2D eigenvalue weighted by molar-refractivity contribution is 5.97. The van der Waals surface area contributed by atoms with Crippen LogP contribution >= 0.6 is 0 Å². The summed E-state index contributed by atoms with van der Waals surface area (Å²) < 4.78 is 19.6. The van der Waals surface area contributed by atoms with Gasteiger partial charge in [0.25, 0.3) is 0 Å². The molecule has 0 bridgehead atoms. The topological polar surface area (TPSA) is 72.8 Å². The molecule has 2 aromatic carbocycles. The molecule has 2 heterocycles. The maximum Gasteiger partial charge on any atom is 0.165 e. The summed E-state index contributed by atoms with van der Waals surface area (Å²) in [5, 5.41) is 3.90. The molecule has 0 radical (unpaired) electrons. The number of rotatable bonds is 5. The number of fused-ring (bicyclic) bond motifs is 1. The number of nitrogens with one attached hydrogen (secondary N) is 1. The Hall–Kier alpha value is -3.61. The number of aromatic nitrogens is 4. The van der Waals surface area contributed by atoms with Crippen LogP contribution in [0, 0.1) is 5.82 Å². The SMILES string of the molecule is CCOc1cc(-c2cccc(F)c2)cc2c(NC)nc(-c3cncnc3)nc12. The van der Waals surface area contributed by atoms with E-state index in [4.69, 9.17) is 9.72 Å². The minimum atomic E-state index is -0.292. The van der Waals surface area contributed by atoms with Crippen molar-refractivity contribution in [3.8, 4) is 28.3 Å². The van der Waals surface area contributed by atoms with E-state index in [9.17, 15) is 4.39 Å². The number of ether oxygens (including phenoxy) is 1. The van der Waals surface area contributed by atoms with E-state index in [-0.39, 0.29) is 5.82 Å². The van der Waals surface area contributed by atoms with Crippen LogP contribution in [-0.2, 0) is 0 Å². The fraction of sp³-hybridized carbons (Fsp3) is 0.143. The molecule has 6 nitrogen and oxygen atoms in total. The first-order valence-corrected chi connectivity index (χ1v) is 8.87. The standard InChI is InChI=1S/C21H18FN5O/c1-3-28-18-9-14(13-5-4-6-16(22)7-13)8-17-19(18)26-20(27-21(17)23-2)15-10-24-12-25-11-15/h4-12H,3H2,1-2H3,(H,23,26,27). The normalized spacial score (nSPS) is 10.8. The lowest BCUT2D eigenvalue weighted by molar-refractivity contribution is 0.344. The van der Waals surface area contributed by atoms with Crippen molar-refractivity contribution >= 4 is 16.7 Å². The Labute approximate surface area is 161 Å². The largest absolute Gasteiger partial charge is 0.492 e. The van der Waals surface area contributed by atoms with Gasteiger partial charge in [-0.15, -0.1) is 0 Å². The highest BCUT2D eigenvalue weighted by atomic mass is 19.1. The van der Waals surface area contributed by atoms with Gasteiger partial charge in [0.15, 0.2) is 5.82 Å². The van der Waals surface area contributed by atoms with Gasteiger partial charge >= 0.3 is 0 Å². The summed E-state index contributed by atoms with van der Waals surface area (Å²) in [4.78, 5) is 17.4. The number of halogens is 1. The molecule has 0 saturated carbocycles. The predicted molar refractivity (Wildman–Crippen MR) is 107 cm³/mol. The van der Waals surface area contributed by atoms with Gasteiger partial charge < -0.3 is 10.1 Å². The molecule has 7 heteroatoms. The van der Waals surface area contributed by atoms with Crippen LogP contribution in [-0.4, -0.2) is 33.6 Å². The lowest BCUT2D eigenvalue weighted by atomic mass is 10.0. The third kappa shape index (κ3) is 3.34. The lowest BCUT2D eigenvalue weighted by Gasteiger charge is -2.14. The minimum Gasteiger partial charge on any atom is -0.492 e. The molecular weight excluding hydrogens is 357 g/mol. The van der Waals surface area contributed by atoms with Gasteiger partial charge in [-0.25, -0.2) is 24.3 Å². The second-order valence-electron chi connectivity index (χ2n) is 6.09. The first kappa shape index (κ1) is 17.8. The summed E-state index contributed by atoms with van der Waals surface area (Å²) in [7, 11) is 1.79. The zero-order chi connectivity index (χ0) is 19.5. The van der Waals surface area contributed by atoms with Crippen LogP contribution < -0.4 is 10.1 Å². The van der Waals surface area contributed by atoms with Gasteiger partial charge in [0.05, 0.1) is 12.2 Å². The Kier molecular flexibility index (Phi) is 4.80. The van der Waals surface area contributed by atoms with Crippen LogP contribution in [0.2, 0.25) is 0 Å². The zero-order valence-electron chi connectivity index (χ0n) is 15.5. The van der Waals surface area contributed by atoms with E-state index in [0.717, 1.165) is 16.5 Å². The Morgan fingerprint density at radius 2 is 1.82 bits per heavy atom. The van der Waals surface area contributed by atoms with Crippen molar-refractivity contribution in [3.05, 3.63) is 60.9 Å². The Morgan fingerprint density at radius 1 is 1.00 bits per heavy atom. The molecule has 0 spiro atoms. The highest BCUT2D eigenvalue weighted by Crippen LogP contribution is 2.36. The monoisotopic (exact) mass is 375 g/mol. The maximum absolute atomic E-state index is 13.7. The number of anilines is 1. The summed E-state index contributed by atoms with van der Waals surface area (Å²) in [6, 6.07) is 10.3. The molecule has 0 unspecified atom stereocenters. The Bertz CT molecular complexity index is 1130. The second-order valence-corrected chi connectivity index (χ2v) is 6.09. The summed E-state index contributed by atoms with van der Waals surface area (Å²) in [5.41, 5.74) is 2.95.